The van der Waals surface area contributed by atoms with E-state index in [1.807, 2.05) is 54.6 Å². The van der Waals surface area contributed by atoms with Crippen LogP contribution in [-0.2, 0) is 0 Å². The molecular formula is C21H19NO2S. The van der Waals surface area contributed by atoms with Crippen LogP contribution in [0.15, 0.2) is 78.9 Å². The number of benzene rings is 3. The minimum Gasteiger partial charge on any atom is -0.490 e. The highest BCUT2D eigenvalue weighted by Gasteiger charge is 2.01. The lowest BCUT2D eigenvalue weighted by atomic mass is 10.1. The minimum absolute atomic E-state index is 0.361. The Kier molecular flexibility index (Phi) is 5.65. The average Bonchev–Trinajstić information content (AvgIpc) is 2.67. The molecule has 4 heteroatoms. The fourth-order valence-electron chi connectivity index (χ4n) is 2.43. The molecule has 0 saturated heterocycles. The Balaban J connectivity index is 1.49. The van der Waals surface area contributed by atoms with E-state index in [0.29, 0.717) is 18.2 Å². The van der Waals surface area contributed by atoms with Crippen LogP contribution in [0, 0.1) is 0 Å². The van der Waals surface area contributed by atoms with E-state index in [1.54, 1.807) is 0 Å². The van der Waals surface area contributed by atoms with Crippen LogP contribution < -0.4 is 15.2 Å². The van der Waals surface area contributed by atoms with Gasteiger partial charge in [0.25, 0.3) is 0 Å². The summed E-state index contributed by atoms with van der Waals surface area (Å²) in [6.45, 7) is 0.906. The third-order valence-electron chi connectivity index (χ3n) is 3.70. The summed E-state index contributed by atoms with van der Waals surface area (Å²) in [4.78, 5) is 0.361. The van der Waals surface area contributed by atoms with E-state index in [9.17, 15) is 0 Å². The molecule has 3 rings (SSSR count). The number of hydrogen-bond donors (Lipinski definition) is 1. The SMILES string of the molecule is NC(=S)c1cccc(OCCOc2ccc(-c3ccccc3)cc2)c1. The normalized spacial score (nSPS) is 10.2. The third-order valence-corrected chi connectivity index (χ3v) is 3.94. The predicted octanol–water partition coefficient (Wildman–Crippen LogP) is 4.45. The molecule has 0 atom stereocenters. The van der Waals surface area contributed by atoms with Gasteiger partial charge in [-0.1, -0.05) is 66.8 Å². The quantitative estimate of drug-likeness (QED) is 0.506. The van der Waals surface area contributed by atoms with Crippen LogP contribution in [0.4, 0.5) is 0 Å². The van der Waals surface area contributed by atoms with Crippen molar-refractivity contribution in [1.82, 2.24) is 0 Å². The molecule has 3 nitrogen and oxygen atoms in total. The molecule has 0 amide bonds. The molecule has 3 aromatic rings. The first kappa shape index (κ1) is 17.0. The highest BCUT2D eigenvalue weighted by atomic mass is 32.1. The van der Waals surface area contributed by atoms with Crippen molar-refractivity contribution in [3.05, 3.63) is 84.4 Å². The van der Waals surface area contributed by atoms with Crippen LogP contribution in [0.3, 0.4) is 0 Å². The highest BCUT2D eigenvalue weighted by Crippen LogP contribution is 2.22. The predicted molar refractivity (Wildman–Crippen MR) is 105 cm³/mol. The van der Waals surface area contributed by atoms with E-state index in [2.05, 4.69) is 24.3 Å². The molecule has 0 saturated carbocycles. The van der Waals surface area contributed by atoms with Crippen molar-refractivity contribution in [3.8, 4) is 22.6 Å². The smallest absolute Gasteiger partial charge is 0.122 e. The van der Waals surface area contributed by atoms with E-state index in [-0.39, 0.29) is 0 Å². The highest BCUT2D eigenvalue weighted by molar-refractivity contribution is 7.80. The van der Waals surface area contributed by atoms with Gasteiger partial charge in [-0.25, -0.2) is 0 Å². The van der Waals surface area contributed by atoms with Crippen LogP contribution >= 0.6 is 12.2 Å². The van der Waals surface area contributed by atoms with Gasteiger partial charge in [-0.15, -0.1) is 0 Å². The number of ether oxygens (including phenoxy) is 2. The van der Waals surface area contributed by atoms with Gasteiger partial charge >= 0.3 is 0 Å². The van der Waals surface area contributed by atoms with Crippen molar-refractivity contribution < 1.29 is 9.47 Å². The number of thiocarbonyl (C=S) groups is 1. The fourth-order valence-corrected chi connectivity index (χ4v) is 2.56. The molecule has 0 bridgehead atoms. The van der Waals surface area contributed by atoms with Crippen LogP contribution in [0.25, 0.3) is 11.1 Å². The fraction of sp³-hybridized carbons (Fsp3) is 0.0952. The minimum atomic E-state index is 0.361. The Morgan fingerprint density at radius 3 is 2.04 bits per heavy atom. The van der Waals surface area contributed by atoms with Crippen molar-refractivity contribution in [2.75, 3.05) is 13.2 Å². The summed E-state index contributed by atoms with van der Waals surface area (Å²) >= 11 is 4.96. The summed E-state index contributed by atoms with van der Waals surface area (Å²) in [6, 6.07) is 25.7. The van der Waals surface area contributed by atoms with Crippen LogP contribution in [-0.4, -0.2) is 18.2 Å². The third kappa shape index (κ3) is 4.81. The first-order chi connectivity index (χ1) is 12.2. The summed E-state index contributed by atoms with van der Waals surface area (Å²) in [5, 5.41) is 0. The van der Waals surface area contributed by atoms with Crippen LogP contribution in [0.2, 0.25) is 0 Å². The van der Waals surface area contributed by atoms with Gasteiger partial charge in [-0.3, -0.25) is 0 Å². The van der Waals surface area contributed by atoms with E-state index < -0.39 is 0 Å². The molecule has 0 aliphatic heterocycles. The van der Waals surface area contributed by atoms with Gasteiger partial charge in [0, 0.05) is 5.56 Å². The van der Waals surface area contributed by atoms with E-state index >= 15 is 0 Å². The van der Waals surface area contributed by atoms with Gasteiger partial charge in [-0.05, 0) is 35.4 Å². The number of nitrogens with two attached hydrogens (primary N) is 1. The Bertz CT molecular complexity index is 832. The molecule has 0 fully saturated rings. The summed E-state index contributed by atoms with van der Waals surface area (Å²) in [5.41, 5.74) is 8.77. The summed E-state index contributed by atoms with van der Waals surface area (Å²) in [6.07, 6.45) is 0. The van der Waals surface area contributed by atoms with Gasteiger partial charge in [0.15, 0.2) is 0 Å². The molecule has 25 heavy (non-hydrogen) atoms. The maximum absolute atomic E-state index is 5.72. The molecule has 0 aliphatic rings. The molecule has 0 aromatic heterocycles. The van der Waals surface area contributed by atoms with Crippen molar-refractivity contribution in [2.24, 2.45) is 5.73 Å². The van der Waals surface area contributed by atoms with Gasteiger partial charge < -0.3 is 15.2 Å². The molecule has 126 valence electrons. The van der Waals surface area contributed by atoms with Crippen molar-refractivity contribution in [3.63, 3.8) is 0 Å². The Labute approximate surface area is 153 Å². The number of rotatable bonds is 7. The Morgan fingerprint density at radius 2 is 1.36 bits per heavy atom. The first-order valence-corrected chi connectivity index (χ1v) is 8.44. The first-order valence-electron chi connectivity index (χ1n) is 8.03. The summed E-state index contributed by atoms with van der Waals surface area (Å²) in [5.74, 6) is 1.55. The van der Waals surface area contributed by atoms with Crippen molar-refractivity contribution in [2.45, 2.75) is 0 Å². The van der Waals surface area contributed by atoms with Crippen LogP contribution in [0.5, 0.6) is 11.5 Å². The monoisotopic (exact) mass is 349 g/mol. The zero-order valence-corrected chi connectivity index (χ0v) is 14.5. The lowest BCUT2D eigenvalue weighted by Crippen LogP contribution is -2.11. The van der Waals surface area contributed by atoms with Crippen LogP contribution in [0.1, 0.15) is 5.56 Å². The second kappa shape index (κ2) is 8.31. The molecule has 0 spiro atoms. The second-order valence-electron chi connectivity index (χ2n) is 5.48. The molecular weight excluding hydrogens is 330 g/mol. The van der Waals surface area contributed by atoms with Crippen molar-refractivity contribution >= 4 is 17.2 Å². The molecule has 2 N–H and O–H groups in total. The average molecular weight is 349 g/mol. The Morgan fingerprint density at radius 1 is 0.720 bits per heavy atom. The molecule has 3 aromatic carbocycles. The zero-order valence-electron chi connectivity index (χ0n) is 13.7. The van der Waals surface area contributed by atoms with Gasteiger partial charge in [0.2, 0.25) is 0 Å². The van der Waals surface area contributed by atoms with Gasteiger partial charge in [0.1, 0.15) is 29.7 Å². The zero-order chi connectivity index (χ0) is 17.5. The van der Waals surface area contributed by atoms with Crippen molar-refractivity contribution in [1.29, 1.82) is 0 Å². The van der Waals surface area contributed by atoms with E-state index in [0.717, 1.165) is 17.1 Å². The molecule has 0 unspecified atom stereocenters. The molecule has 0 aliphatic carbocycles. The Hall–Kier alpha value is -2.85. The van der Waals surface area contributed by atoms with E-state index in [4.69, 9.17) is 27.4 Å². The van der Waals surface area contributed by atoms with E-state index in [1.165, 1.54) is 11.1 Å². The second-order valence-corrected chi connectivity index (χ2v) is 5.92. The molecule has 0 radical (unpaired) electrons. The van der Waals surface area contributed by atoms with Gasteiger partial charge in [0.05, 0.1) is 0 Å². The number of hydrogen-bond acceptors (Lipinski definition) is 3. The summed E-state index contributed by atoms with van der Waals surface area (Å²) in [7, 11) is 0. The topological polar surface area (TPSA) is 44.5 Å². The molecule has 0 heterocycles. The lowest BCUT2D eigenvalue weighted by Gasteiger charge is -2.10. The lowest BCUT2D eigenvalue weighted by molar-refractivity contribution is 0.217. The standard InChI is InChI=1S/C21H19NO2S/c22-21(25)18-7-4-8-20(15-18)24-14-13-23-19-11-9-17(10-12-19)16-5-2-1-3-6-16/h1-12,15H,13-14H2,(H2,22,25). The largest absolute Gasteiger partial charge is 0.490 e. The maximum Gasteiger partial charge on any atom is 0.122 e. The summed E-state index contributed by atoms with van der Waals surface area (Å²) < 4.78 is 11.4. The maximum atomic E-state index is 5.72. The van der Waals surface area contributed by atoms with Gasteiger partial charge in [-0.2, -0.15) is 0 Å².